The molecule has 1 heterocycles. The summed E-state index contributed by atoms with van der Waals surface area (Å²) in [6, 6.07) is 13.5. The number of primary amides is 1. The molecule has 190 valence electrons. The number of nitrogens with two attached hydrogens (primary N) is 1. The molecule has 3 aromatic carbocycles. The number of hydrogen-bond acceptors (Lipinski definition) is 3. The summed E-state index contributed by atoms with van der Waals surface area (Å²) in [5, 5.41) is 3.86. The normalized spacial score (nSPS) is 12.6. The lowest BCUT2D eigenvalue weighted by atomic mass is 10.00. The Morgan fingerprint density at radius 3 is 2.00 bits per heavy atom. The largest absolute Gasteiger partial charge is 0.416 e. The van der Waals surface area contributed by atoms with Gasteiger partial charge in [0.2, 0.25) is 0 Å². The summed E-state index contributed by atoms with van der Waals surface area (Å²) in [5.74, 6) is -2.11. The average molecular weight is 520 g/mol. The first-order valence-corrected chi connectivity index (χ1v) is 10.4. The van der Waals surface area contributed by atoms with Crippen LogP contribution in [0.3, 0.4) is 0 Å². The lowest BCUT2D eigenvalue weighted by Crippen LogP contribution is -2.14. The number of carbonyl (C=O) groups excluding carboxylic acids is 1. The SMILES string of the molecule is NC(=O)/C(=C/n1cnc(-c2cc(C(F)(F)F)cc(C(F)(F)F)c2)n1)c1ccc(-c2ccccc2)c(F)c1. The molecule has 1 aromatic heterocycles. The third-order valence-corrected chi connectivity index (χ3v) is 5.25. The molecule has 0 saturated heterocycles. The van der Waals surface area contributed by atoms with Crippen molar-refractivity contribution in [3.63, 3.8) is 0 Å². The molecular weight excluding hydrogens is 505 g/mol. The van der Waals surface area contributed by atoms with Gasteiger partial charge in [0.1, 0.15) is 12.1 Å². The van der Waals surface area contributed by atoms with Gasteiger partial charge in [-0.3, -0.25) is 4.79 Å². The molecule has 0 aliphatic rings. The van der Waals surface area contributed by atoms with E-state index < -0.39 is 46.6 Å². The molecule has 0 atom stereocenters. The van der Waals surface area contributed by atoms with Crippen molar-refractivity contribution in [2.75, 3.05) is 0 Å². The van der Waals surface area contributed by atoms with Crippen LogP contribution in [-0.2, 0) is 17.1 Å². The van der Waals surface area contributed by atoms with E-state index in [-0.39, 0.29) is 22.8 Å². The summed E-state index contributed by atoms with van der Waals surface area (Å²) in [4.78, 5) is 15.8. The first-order valence-electron chi connectivity index (χ1n) is 10.4. The van der Waals surface area contributed by atoms with Crippen LogP contribution in [0.5, 0.6) is 0 Å². The second-order valence-electron chi connectivity index (χ2n) is 7.81. The molecule has 0 spiro atoms. The standard InChI is InChI=1S/C25H15F7N4O/c26-21-10-15(6-7-19(21)14-4-2-1-3-5-14)20(22(33)37)12-36-13-34-23(35-36)16-8-17(24(27,28)29)11-18(9-16)25(30,31)32/h1-13H,(H2,33,37)/b20-12+. The van der Waals surface area contributed by atoms with Gasteiger partial charge in [0, 0.05) is 17.3 Å². The smallest absolute Gasteiger partial charge is 0.366 e. The minimum Gasteiger partial charge on any atom is -0.366 e. The topological polar surface area (TPSA) is 73.8 Å². The van der Waals surface area contributed by atoms with Crippen LogP contribution in [-0.4, -0.2) is 20.7 Å². The van der Waals surface area contributed by atoms with Gasteiger partial charge in [-0.05, 0) is 35.4 Å². The quantitative estimate of drug-likeness (QED) is 0.249. The van der Waals surface area contributed by atoms with E-state index in [9.17, 15) is 35.5 Å². The number of carbonyl (C=O) groups is 1. The predicted octanol–water partition coefficient (Wildman–Crippen LogP) is 6.27. The summed E-state index contributed by atoms with van der Waals surface area (Å²) in [6.07, 6.45) is -8.10. The van der Waals surface area contributed by atoms with E-state index in [0.29, 0.717) is 17.7 Å². The highest BCUT2D eigenvalue weighted by Gasteiger charge is 2.37. The molecule has 1 amide bonds. The predicted molar refractivity (Wildman–Crippen MR) is 121 cm³/mol. The Hall–Kier alpha value is -4.48. The molecule has 0 aliphatic carbocycles. The van der Waals surface area contributed by atoms with E-state index >= 15 is 0 Å². The molecular formula is C25H15F7N4O. The molecule has 0 radical (unpaired) electrons. The van der Waals surface area contributed by atoms with E-state index in [4.69, 9.17) is 5.73 Å². The summed E-state index contributed by atoms with van der Waals surface area (Å²) in [5.41, 5.74) is 2.52. The van der Waals surface area contributed by atoms with Gasteiger partial charge in [-0.15, -0.1) is 5.10 Å². The Balaban J connectivity index is 1.73. The van der Waals surface area contributed by atoms with Crippen LogP contribution in [0.15, 0.2) is 73.1 Å². The molecule has 0 fully saturated rings. The van der Waals surface area contributed by atoms with Gasteiger partial charge in [0.05, 0.1) is 16.7 Å². The Kier molecular flexibility index (Phi) is 6.59. The van der Waals surface area contributed by atoms with Crippen LogP contribution in [0.2, 0.25) is 0 Å². The van der Waals surface area contributed by atoms with E-state index in [0.717, 1.165) is 23.3 Å². The Labute approximate surface area is 204 Å². The lowest BCUT2D eigenvalue weighted by molar-refractivity contribution is -0.143. The highest BCUT2D eigenvalue weighted by atomic mass is 19.4. The number of rotatable bonds is 5. The van der Waals surface area contributed by atoms with Crippen molar-refractivity contribution in [1.29, 1.82) is 0 Å². The van der Waals surface area contributed by atoms with Crippen LogP contribution in [0.1, 0.15) is 16.7 Å². The molecule has 0 unspecified atom stereocenters. The Morgan fingerprint density at radius 2 is 1.46 bits per heavy atom. The minimum atomic E-state index is -5.05. The zero-order chi connectivity index (χ0) is 27.0. The highest BCUT2D eigenvalue weighted by molar-refractivity contribution is 6.22. The van der Waals surface area contributed by atoms with E-state index in [1.807, 2.05) is 0 Å². The summed E-state index contributed by atoms with van der Waals surface area (Å²) in [7, 11) is 0. The zero-order valence-corrected chi connectivity index (χ0v) is 18.5. The van der Waals surface area contributed by atoms with E-state index in [1.165, 1.54) is 12.1 Å². The lowest BCUT2D eigenvalue weighted by Gasteiger charge is -2.13. The highest BCUT2D eigenvalue weighted by Crippen LogP contribution is 2.38. The first-order chi connectivity index (χ1) is 17.3. The third kappa shape index (κ3) is 5.68. The molecule has 12 heteroatoms. The number of nitrogens with zero attached hydrogens (tertiary/aromatic N) is 3. The molecule has 4 rings (SSSR count). The maximum absolute atomic E-state index is 14.8. The molecule has 4 aromatic rings. The van der Waals surface area contributed by atoms with Gasteiger partial charge in [0.15, 0.2) is 5.82 Å². The van der Waals surface area contributed by atoms with Gasteiger partial charge >= 0.3 is 12.4 Å². The molecule has 0 aliphatic heterocycles. The molecule has 0 bridgehead atoms. The van der Waals surface area contributed by atoms with Gasteiger partial charge in [-0.1, -0.05) is 42.5 Å². The Bertz CT molecular complexity index is 1460. The minimum absolute atomic E-state index is 0.0146. The number of halogens is 7. The molecule has 5 nitrogen and oxygen atoms in total. The fraction of sp³-hybridized carbons (Fsp3) is 0.0800. The van der Waals surface area contributed by atoms with Gasteiger partial charge in [0.25, 0.3) is 5.91 Å². The van der Waals surface area contributed by atoms with Crippen LogP contribution >= 0.6 is 0 Å². The number of aromatic nitrogens is 3. The molecule has 0 saturated carbocycles. The maximum atomic E-state index is 14.8. The van der Waals surface area contributed by atoms with E-state index in [2.05, 4.69) is 10.1 Å². The monoisotopic (exact) mass is 520 g/mol. The fourth-order valence-electron chi connectivity index (χ4n) is 3.50. The van der Waals surface area contributed by atoms with Crippen molar-refractivity contribution in [2.24, 2.45) is 5.73 Å². The number of alkyl halides is 6. The van der Waals surface area contributed by atoms with Crippen LogP contribution in [0.4, 0.5) is 30.7 Å². The van der Waals surface area contributed by atoms with Crippen LogP contribution in [0, 0.1) is 5.82 Å². The summed E-state index contributed by atoms with van der Waals surface area (Å²) >= 11 is 0. The molecule has 37 heavy (non-hydrogen) atoms. The van der Waals surface area contributed by atoms with Gasteiger partial charge in [-0.25, -0.2) is 14.1 Å². The van der Waals surface area contributed by atoms with Crippen molar-refractivity contribution >= 4 is 17.7 Å². The van der Waals surface area contributed by atoms with Crippen molar-refractivity contribution < 1.29 is 35.5 Å². The zero-order valence-electron chi connectivity index (χ0n) is 18.5. The number of amides is 1. The van der Waals surface area contributed by atoms with E-state index in [1.54, 1.807) is 30.3 Å². The van der Waals surface area contributed by atoms with Crippen molar-refractivity contribution in [3.05, 3.63) is 95.6 Å². The summed E-state index contributed by atoms with van der Waals surface area (Å²) in [6.45, 7) is 0. The fourth-order valence-corrected chi connectivity index (χ4v) is 3.50. The van der Waals surface area contributed by atoms with Crippen molar-refractivity contribution in [2.45, 2.75) is 12.4 Å². The van der Waals surface area contributed by atoms with Crippen molar-refractivity contribution in [3.8, 4) is 22.5 Å². The maximum Gasteiger partial charge on any atom is 0.416 e. The number of benzene rings is 3. The van der Waals surface area contributed by atoms with Crippen molar-refractivity contribution in [1.82, 2.24) is 14.8 Å². The number of hydrogen-bond donors (Lipinski definition) is 1. The second kappa shape index (κ2) is 9.52. The van der Waals surface area contributed by atoms with Gasteiger partial charge < -0.3 is 5.73 Å². The Morgan fingerprint density at radius 1 is 0.838 bits per heavy atom. The van der Waals surface area contributed by atoms with Crippen LogP contribution in [0.25, 0.3) is 34.3 Å². The summed E-state index contributed by atoms with van der Waals surface area (Å²) < 4.78 is 94.7. The van der Waals surface area contributed by atoms with Crippen LogP contribution < -0.4 is 5.73 Å². The van der Waals surface area contributed by atoms with Gasteiger partial charge in [-0.2, -0.15) is 26.3 Å². The first kappa shape index (κ1) is 25.6. The molecule has 2 N–H and O–H groups in total. The third-order valence-electron chi connectivity index (χ3n) is 5.25. The second-order valence-corrected chi connectivity index (χ2v) is 7.81. The average Bonchev–Trinajstić information content (AvgIpc) is 3.30.